The lowest BCUT2D eigenvalue weighted by Gasteiger charge is -2.36. The molecule has 3 atom stereocenters. The lowest BCUT2D eigenvalue weighted by atomic mass is 9.72. The summed E-state index contributed by atoms with van der Waals surface area (Å²) in [7, 11) is 0. The number of hydrogen-bond donors (Lipinski definition) is 1. The Hall–Kier alpha value is -2.77. The number of Topliss-reactive ketones (excluding diaryl/α,β-unsaturated/α-hetero) is 1. The Bertz CT molecular complexity index is 1110. The average Bonchev–Trinajstić information content (AvgIpc) is 3.51. The molecular formula is C26H26FNO4S. The van der Waals surface area contributed by atoms with Crippen LogP contribution in [0.1, 0.15) is 54.9 Å². The van der Waals surface area contributed by atoms with Gasteiger partial charge in [-0.2, -0.15) is 0 Å². The topological polar surface area (TPSA) is 64.6 Å². The van der Waals surface area contributed by atoms with Gasteiger partial charge in [0.2, 0.25) is 0 Å². The van der Waals surface area contributed by atoms with Gasteiger partial charge in [0.25, 0.3) is 0 Å². The van der Waals surface area contributed by atoms with Crippen molar-refractivity contribution >= 4 is 23.1 Å². The van der Waals surface area contributed by atoms with E-state index in [-0.39, 0.29) is 30.2 Å². The number of ketones is 1. The second-order valence-corrected chi connectivity index (χ2v) is 9.80. The summed E-state index contributed by atoms with van der Waals surface area (Å²) in [5.74, 6) is -1.30. The van der Waals surface area contributed by atoms with Crippen molar-refractivity contribution in [3.8, 4) is 0 Å². The lowest BCUT2D eigenvalue weighted by molar-refractivity contribution is -0.142. The molecular weight excluding hydrogens is 441 g/mol. The first-order valence-electron chi connectivity index (χ1n) is 11.3. The molecule has 172 valence electrons. The molecule has 2 aromatic rings. The second-order valence-electron chi connectivity index (χ2n) is 8.82. The van der Waals surface area contributed by atoms with Gasteiger partial charge in [-0.25, -0.2) is 9.18 Å². The van der Waals surface area contributed by atoms with Crippen molar-refractivity contribution in [2.45, 2.75) is 50.5 Å². The third kappa shape index (κ3) is 4.39. The average molecular weight is 468 g/mol. The van der Waals surface area contributed by atoms with Crippen molar-refractivity contribution in [3.63, 3.8) is 0 Å². The molecule has 0 radical (unpaired) electrons. The Balaban J connectivity index is 1.50. The number of hydrogen-bond acceptors (Lipinski definition) is 6. The summed E-state index contributed by atoms with van der Waals surface area (Å²) in [5, 5.41) is 5.37. The predicted octanol–water partition coefficient (Wildman–Crippen LogP) is 4.97. The van der Waals surface area contributed by atoms with Gasteiger partial charge >= 0.3 is 5.97 Å². The molecule has 1 aromatic carbocycles. The first kappa shape index (κ1) is 22.0. The van der Waals surface area contributed by atoms with Crippen LogP contribution in [0.5, 0.6) is 0 Å². The van der Waals surface area contributed by atoms with Crippen molar-refractivity contribution in [3.05, 3.63) is 80.6 Å². The fourth-order valence-electron chi connectivity index (χ4n) is 5.05. The van der Waals surface area contributed by atoms with Crippen molar-refractivity contribution in [1.29, 1.82) is 0 Å². The molecule has 3 heterocycles. The van der Waals surface area contributed by atoms with Crippen LogP contribution in [0.4, 0.5) is 4.39 Å². The highest BCUT2D eigenvalue weighted by Gasteiger charge is 2.41. The Morgan fingerprint density at radius 2 is 2.06 bits per heavy atom. The number of thiophene rings is 1. The summed E-state index contributed by atoms with van der Waals surface area (Å²) in [6.45, 7) is 2.70. The lowest BCUT2D eigenvalue weighted by Crippen LogP contribution is -2.36. The van der Waals surface area contributed by atoms with Gasteiger partial charge in [-0.1, -0.05) is 18.2 Å². The molecule has 0 saturated carbocycles. The summed E-state index contributed by atoms with van der Waals surface area (Å²) >= 11 is 1.65. The Morgan fingerprint density at radius 3 is 2.76 bits per heavy atom. The molecule has 1 aromatic heterocycles. The molecule has 5 nitrogen and oxygen atoms in total. The number of dihydropyridines is 1. The van der Waals surface area contributed by atoms with E-state index < -0.39 is 11.9 Å². The van der Waals surface area contributed by atoms with Gasteiger partial charge in [0.1, 0.15) is 12.4 Å². The summed E-state index contributed by atoms with van der Waals surface area (Å²) in [4.78, 5) is 27.9. The molecule has 33 heavy (non-hydrogen) atoms. The van der Waals surface area contributed by atoms with E-state index in [1.807, 2.05) is 18.4 Å². The summed E-state index contributed by atoms with van der Waals surface area (Å²) < 4.78 is 24.9. The van der Waals surface area contributed by atoms with E-state index >= 15 is 0 Å². The number of rotatable bonds is 5. The Labute approximate surface area is 196 Å². The van der Waals surface area contributed by atoms with E-state index in [9.17, 15) is 14.0 Å². The maximum Gasteiger partial charge on any atom is 0.336 e. The third-order valence-electron chi connectivity index (χ3n) is 6.62. The fraction of sp³-hybridized carbons (Fsp3) is 0.385. The van der Waals surface area contributed by atoms with E-state index in [4.69, 9.17) is 9.47 Å². The molecule has 1 saturated heterocycles. The number of benzene rings is 1. The van der Waals surface area contributed by atoms with Gasteiger partial charge in [0.15, 0.2) is 5.78 Å². The van der Waals surface area contributed by atoms with Crippen LogP contribution in [-0.4, -0.2) is 31.1 Å². The zero-order valence-electron chi connectivity index (χ0n) is 18.4. The zero-order chi connectivity index (χ0) is 22.9. The number of nitrogens with one attached hydrogen (secondary N) is 1. The molecule has 5 rings (SSSR count). The number of ether oxygens (including phenoxy) is 2. The van der Waals surface area contributed by atoms with Crippen LogP contribution in [0.15, 0.2) is 64.3 Å². The van der Waals surface area contributed by atoms with E-state index in [0.29, 0.717) is 41.9 Å². The number of carbonyl (C=O) groups is 2. The maximum atomic E-state index is 13.7. The molecule has 2 aliphatic heterocycles. The second kappa shape index (κ2) is 9.23. The number of carbonyl (C=O) groups excluding carboxylic acids is 2. The van der Waals surface area contributed by atoms with Gasteiger partial charge in [0, 0.05) is 46.7 Å². The van der Waals surface area contributed by atoms with E-state index in [1.54, 1.807) is 23.5 Å². The molecule has 3 aliphatic rings. The predicted molar refractivity (Wildman–Crippen MR) is 123 cm³/mol. The number of esters is 1. The molecule has 1 aliphatic carbocycles. The highest BCUT2D eigenvalue weighted by molar-refractivity contribution is 7.10. The highest BCUT2D eigenvalue weighted by atomic mass is 32.1. The van der Waals surface area contributed by atoms with Crippen LogP contribution in [0.2, 0.25) is 0 Å². The van der Waals surface area contributed by atoms with E-state index in [1.165, 1.54) is 17.0 Å². The highest BCUT2D eigenvalue weighted by Crippen LogP contribution is 2.46. The van der Waals surface area contributed by atoms with Crippen LogP contribution >= 0.6 is 11.3 Å². The standard InChI is InChI=1S/C26H26FNO4S/c1-15-23(26(30)32-14-19-4-2-10-31-19)24(16-6-8-18(27)9-7-16)25-20(28-15)12-17(13-21(25)29)22-5-3-11-33-22/h3,5-9,11,17,19,24,28H,2,4,10,12-14H2,1H3/t17-,19+,24-/m1/s1. The van der Waals surface area contributed by atoms with Gasteiger partial charge in [-0.3, -0.25) is 4.79 Å². The monoisotopic (exact) mass is 467 g/mol. The van der Waals surface area contributed by atoms with E-state index in [2.05, 4.69) is 11.4 Å². The van der Waals surface area contributed by atoms with Crippen LogP contribution in [0, 0.1) is 5.82 Å². The number of halogens is 1. The molecule has 0 spiro atoms. The largest absolute Gasteiger partial charge is 0.459 e. The first-order chi connectivity index (χ1) is 16.0. The first-order valence-corrected chi connectivity index (χ1v) is 12.2. The van der Waals surface area contributed by atoms with Crippen molar-refractivity contribution in [2.24, 2.45) is 0 Å². The normalized spacial score (nSPS) is 25.2. The van der Waals surface area contributed by atoms with Crippen LogP contribution in [-0.2, 0) is 19.1 Å². The number of allylic oxidation sites excluding steroid dienone is 3. The van der Waals surface area contributed by atoms with Gasteiger partial charge in [0.05, 0.1) is 11.7 Å². The Kier molecular flexibility index (Phi) is 6.17. The maximum absolute atomic E-state index is 13.7. The summed E-state index contributed by atoms with van der Waals surface area (Å²) in [6.07, 6.45) is 2.81. The van der Waals surface area contributed by atoms with Gasteiger partial charge in [-0.05, 0) is 55.3 Å². The smallest absolute Gasteiger partial charge is 0.336 e. The molecule has 1 N–H and O–H groups in total. The van der Waals surface area contributed by atoms with Crippen molar-refractivity contribution < 1.29 is 23.5 Å². The fourth-order valence-corrected chi connectivity index (χ4v) is 5.88. The third-order valence-corrected chi connectivity index (χ3v) is 7.66. The molecule has 0 bridgehead atoms. The molecule has 0 amide bonds. The van der Waals surface area contributed by atoms with Gasteiger partial charge in [-0.15, -0.1) is 11.3 Å². The zero-order valence-corrected chi connectivity index (χ0v) is 19.3. The summed E-state index contributed by atoms with van der Waals surface area (Å²) in [5.41, 5.74) is 3.20. The van der Waals surface area contributed by atoms with Crippen molar-refractivity contribution in [1.82, 2.24) is 5.32 Å². The SMILES string of the molecule is CC1=C(C(=O)OC[C@@H]2CCCO2)[C@@H](c2ccc(F)cc2)C2=C(C[C@@H](c3cccs3)CC2=O)N1. The minimum atomic E-state index is -0.587. The minimum Gasteiger partial charge on any atom is -0.459 e. The minimum absolute atomic E-state index is 0.00778. The summed E-state index contributed by atoms with van der Waals surface area (Å²) in [6, 6.07) is 10.1. The van der Waals surface area contributed by atoms with Crippen LogP contribution in [0.25, 0.3) is 0 Å². The van der Waals surface area contributed by atoms with Crippen molar-refractivity contribution in [2.75, 3.05) is 13.2 Å². The van der Waals surface area contributed by atoms with Gasteiger partial charge < -0.3 is 14.8 Å². The molecule has 1 fully saturated rings. The van der Waals surface area contributed by atoms with E-state index in [0.717, 1.165) is 18.5 Å². The van der Waals surface area contributed by atoms with Crippen LogP contribution in [0.3, 0.4) is 0 Å². The van der Waals surface area contributed by atoms with Crippen LogP contribution < -0.4 is 5.32 Å². The Morgan fingerprint density at radius 1 is 1.24 bits per heavy atom. The molecule has 0 unspecified atom stereocenters. The quantitative estimate of drug-likeness (QED) is 0.629. The molecule has 7 heteroatoms.